The molecule has 0 radical (unpaired) electrons. The van der Waals surface area contributed by atoms with Crippen LogP contribution in [-0.4, -0.2) is 20.5 Å². The minimum Gasteiger partial charge on any atom is -0.462 e. The van der Waals surface area contributed by atoms with Gasteiger partial charge in [0.25, 0.3) is 0 Å². The molecule has 1 aliphatic rings. The summed E-state index contributed by atoms with van der Waals surface area (Å²) in [4.78, 5) is 11.7. The Balaban J connectivity index is 1.83. The van der Waals surface area contributed by atoms with Crippen molar-refractivity contribution < 1.29 is 17.9 Å². The molecule has 0 saturated heterocycles. The molecule has 0 aromatic heterocycles. The SMILES string of the molecule is NS(=O)(=O)c1ccc(CCC(=O)OC2CCCC2)cc1. The number of carbonyl (C=O) groups is 1. The van der Waals surface area contributed by atoms with E-state index in [1.54, 1.807) is 12.1 Å². The largest absolute Gasteiger partial charge is 0.462 e. The Morgan fingerprint density at radius 1 is 1.20 bits per heavy atom. The molecule has 0 heterocycles. The maximum atomic E-state index is 11.7. The second-order valence-corrected chi connectivity index (χ2v) is 6.65. The highest BCUT2D eigenvalue weighted by Gasteiger charge is 2.18. The molecule has 2 N–H and O–H groups in total. The standard InChI is InChI=1S/C14H19NO4S/c15-20(17,18)13-8-5-11(6-9-13)7-10-14(16)19-12-3-1-2-4-12/h5-6,8-9,12H,1-4,7,10H2,(H2,15,17,18). The van der Waals surface area contributed by atoms with Gasteiger partial charge in [-0.05, 0) is 49.8 Å². The van der Waals surface area contributed by atoms with Crippen LogP contribution in [0.2, 0.25) is 0 Å². The Morgan fingerprint density at radius 3 is 2.35 bits per heavy atom. The zero-order valence-electron chi connectivity index (χ0n) is 11.2. The van der Waals surface area contributed by atoms with Crippen LogP contribution in [0.1, 0.15) is 37.7 Å². The van der Waals surface area contributed by atoms with Crippen molar-refractivity contribution in [1.29, 1.82) is 0 Å². The number of sulfonamides is 1. The number of aryl methyl sites for hydroxylation is 1. The number of carbonyl (C=O) groups excluding carboxylic acids is 1. The number of primary sulfonamides is 1. The normalized spacial score (nSPS) is 16.2. The zero-order chi connectivity index (χ0) is 14.6. The predicted octanol–water partition coefficient (Wildman–Crippen LogP) is 1.75. The van der Waals surface area contributed by atoms with Gasteiger partial charge in [0.15, 0.2) is 0 Å². The number of hydrogen-bond donors (Lipinski definition) is 1. The maximum Gasteiger partial charge on any atom is 0.306 e. The highest BCUT2D eigenvalue weighted by atomic mass is 32.2. The van der Waals surface area contributed by atoms with Crippen molar-refractivity contribution in [2.24, 2.45) is 5.14 Å². The second kappa shape index (κ2) is 6.37. The lowest BCUT2D eigenvalue weighted by atomic mass is 10.1. The molecule has 1 aliphatic carbocycles. The van der Waals surface area contributed by atoms with Crippen LogP contribution in [0.15, 0.2) is 29.2 Å². The van der Waals surface area contributed by atoms with Crippen molar-refractivity contribution in [3.8, 4) is 0 Å². The van der Waals surface area contributed by atoms with Gasteiger partial charge >= 0.3 is 5.97 Å². The Hall–Kier alpha value is -1.40. The summed E-state index contributed by atoms with van der Waals surface area (Å²) in [6.07, 6.45) is 5.14. The number of benzene rings is 1. The van der Waals surface area contributed by atoms with Crippen molar-refractivity contribution in [2.45, 2.75) is 49.5 Å². The summed E-state index contributed by atoms with van der Waals surface area (Å²) in [5.74, 6) is -0.188. The molecule has 6 heteroatoms. The van der Waals surface area contributed by atoms with Crippen LogP contribution < -0.4 is 5.14 Å². The van der Waals surface area contributed by atoms with Crippen molar-refractivity contribution in [1.82, 2.24) is 0 Å². The third-order valence-corrected chi connectivity index (χ3v) is 4.40. The van der Waals surface area contributed by atoms with E-state index in [2.05, 4.69) is 0 Å². The lowest BCUT2D eigenvalue weighted by Crippen LogP contribution is -2.15. The minimum atomic E-state index is -3.66. The average molecular weight is 297 g/mol. The van der Waals surface area contributed by atoms with Gasteiger partial charge in [0.2, 0.25) is 10.0 Å². The Kier molecular flexibility index (Phi) is 4.77. The number of esters is 1. The first-order valence-corrected chi connectivity index (χ1v) is 8.31. The summed E-state index contributed by atoms with van der Waals surface area (Å²) in [7, 11) is -3.66. The minimum absolute atomic E-state index is 0.0785. The number of rotatable bonds is 5. The molecule has 2 rings (SSSR count). The first-order valence-electron chi connectivity index (χ1n) is 6.76. The lowest BCUT2D eigenvalue weighted by Gasteiger charge is -2.11. The molecule has 1 aromatic rings. The van der Waals surface area contributed by atoms with Crippen LogP contribution in [0, 0.1) is 0 Å². The molecule has 20 heavy (non-hydrogen) atoms. The van der Waals surface area contributed by atoms with Crippen molar-refractivity contribution in [3.05, 3.63) is 29.8 Å². The van der Waals surface area contributed by atoms with E-state index in [0.29, 0.717) is 12.8 Å². The van der Waals surface area contributed by atoms with Gasteiger partial charge in [-0.1, -0.05) is 12.1 Å². The Labute approximate surface area is 119 Å². The molecule has 1 saturated carbocycles. The third-order valence-electron chi connectivity index (χ3n) is 3.47. The van der Waals surface area contributed by atoms with Crippen molar-refractivity contribution in [2.75, 3.05) is 0 Å². The number of nitrogens with two attached hydrogens (primary N) is 1. The molecule has 0 aliphatic heterocycles. The Morgan fingerprint density at radius 2 is 1.80 bits per heavy atom. The number of hydrogen-bond acceptors (Lipinski definition) is 4. The van der Waals surface area contributed by atoms with Gasteiger partial charge in [-0.3, -0.25) is 4.79 Å². The summed E-state index contributed by atoms with van der Waals surface area (Å²) in [5, 5.41) is 5.02. The molecule has 5 nitrogen and oxygen atoms in total. The quantitative estimate of drug-likeness (QED) is 0.839. The molecule has 0 unspecified atom stereocenters. The monoisotopic (exact) mass is 297 g/mol. The van der Waals surface area contributed by atoms with E-state index in [1.807, 2.05) is 0 Å². The van der Waals surface area contributed by atoms with E-state index in [4.69, 9.17) is 9.88 Å². The fraction of sp³-hybridized carbons (Fsp3) is 0.500. The van der Waals surface area contributed by atoms with Gasteiger partial charge in [0.1, 0.15) is 6.10 Å². The molecular weight excluding hydrogens is 278 g/mol. The molecule has 0 atom stereocenters. The summed E-state index contributed by atoms with van der Waals surface area (Å²) in [6.45, 7) is 0. The summed E-state index contributed by atoms with van der Waals surface area (Å²) in [6, 6.07) is 6.24. The van der Waals surface area contributed by atoms with E-state index in [-0.39, 0.29) is 17.0 Å². The van der Waals surface area contributed by atoms with E-state index in [0.717, 1.165) is 31.2 Å². The highest BCUT2D eigenvalue weighted by Crippen LogP contribution is 2.21. The number of ether oxygens (including phenoxy) is 1. The van der Waals surface area contributed by atoms with Crippen molar-refractivity contribution in [3.63, 3.8) is 0 Å². The third kappa shape index (κ3) is 4.31. The highest BCUT2D eigenvalue weighted by molar-refractivity contribution is 7.89. The molecule has 0 bridgehead atoms. The van der Waals surface area contributed by atoms with Crippen molar-refractivity contribution >= 4 is 16.0 Å². The van der Waals surface area contributed by atoms with Crippen LogP contribution in [-0.2, 0) is 26.0 Å². The van der Waals surface area contributed by atoms with Gasteiger partial charge in [-0.25, -0.2) is 13.6 Å². The van der Waals surface area contributed by atoms with Gasteiger partial charge in [-0.2, -0.15) is 0 Å². The fourth-order valence-electron chi connectivity index (χ4n) is 2.34. The molecule has 1 fully saturated rings. The topological polar surface area (TPSA) is 86.5 Å². The molecular formula is C14H19NO4S. The molecule has 110 valence electrons. The first kappa shape index (κ1) is 15.0. The lowest BCUT2D eigenvalue weighted by molar-refractivity contribution is -0.148. The average Bonchev–Trinajstić information content (AvgIpc) is 2.88. The maximum absolute atomic E-state index is 11.7. The van der Waals surface area contributed by atoms with Crippen LogP contribution in [0.3, 0.4) is 0 Å². The molecule has 0 amide bonds. The van der Waals surface area contributed by atoms with Crippen LogP contribution in [0.5, 0.6) is 0 Å². The van der Waals surface area contributed by atoms with Crippen LogP contribution >= 0.6 is 0 Å². The fourth-order valence-corrected chi connectivity index (χ4v) is 2.86. The van der Waals surface area contributed by atoms with Crippen LogP contribution in [0.25, 0.3) is 0 Å². The summed E-state index contributed by atoms with van der Waals surface area (Å²) in [5.41, 5.74) is 0.890. The van der Waals surface area contributed by atoms with E-state index in [1.165, 1.54) is 12.1 Å². The Bertz CT molecular complexity index is 559. The predicted molar refractivity (Wildman–Crippen MR) is 74.5 cm³/mol. The summed E-state index contributed by atoms with van der Waals surface area (Å²) < 4.78 is 27.6. The second-order valence-electron chi connectivity index (χ2n) is 5.09. The van der Waals surface area contributed by atoms with Gasteiger partial charge < -0.3 is 4.74 Å². The van der Waals surface area contributed by atoms with E-state index >= 15 is 0 Å². The first-order chi connectivity index (χ1) is 9.45. The molecule has 0 spiro atoms. The van der Waals surface area contributed by atoms with Gasteiger partial charge in [-0.15, -0.1) is 0 Å². The van der Waals surface area contributed by atoms with Gasteiger partial charge in [0.05, 0.1) is 4.90 Å². The van der Waals surface area contributed by atoms with Crippen LogP contribution in [0.4, 0.5) is 0 Å². The van der Waals surface area contributed by atoms with E-state index < -0.39 is 10.0 Å². The van der Waals surface area contributed by atoms with Gasteiger partial charge in [0, 0.05) is 6.42 Å². The molecule has 1 aromatic carbocycles. The smallest absolute Gasteiger partial charge is 0.306 e. The van der Waals surface area contributed by atoms with E-state index in [9.17, 15) is 13.2 Å². The zero-order valence-corrected chi connectivity index (χ0v) is 12.1. The summed E-state index contributed by atoms with van der Waals surface area (Å²) >= 11 is 0.